The highest BCUT2D eigenvalue weighted by Gasteiger charge is 2.97. The Balaban J connectivity index is 0. The van der Waals surface area contributed by atoms with Gasteiger partial charge in [-0.25, -0.2) is 12.8 Å². The maximum absolute atomic E-state index is 13.3. The third-order valence-corrected chi connectivity index (χ3v) is 7.17. The molecule has 43 heavy (non-hydrogen) atoms. The Morgan fingerprint density at radius 3 is 0.860 bits per heavy atom. The molecule has 0 aliphatic carbocycles. The Labute approximate surface area is 229 Å². The van der Waals surface area contributed by atoms with Crippen LogP contribution in [0.2, 0.25) is 0 Å². The first kappa shape index (κ1) is 43.6. The third kappa shape index (κ3) is 6.71. The summed E-state index contributed by atoms with van der Waals surface area (Å²) < 4.78 is 288. The molecule has 0 heterocycles. The Morgan fingerprint density at radius 2 is 0.698 bits per heavy atom. The maximum Gasteiger partial charge on any atom is 0.460 e. The smallest absolute Gasteiger partial charge is 0.460 e. The van der Waals surface area contributed by atoms with Gasteiger partial charge in [-0.1, -0.05) is 0 Å². The number of rotatable bonds is 13. The third-order valence-electron chi connectivity index (χ3n) is 6.36. The summed E-state index contributed by atoms with van der Waals surface area (Å²) in [6.45, 7) is 14.2. The van der Waals surface area contributed by atoms with Crippen LogP contribution >= 0.6 is 0 Å². The number of nitrogens with zero attached hydrogens (tertiary/aromatic N) is 1. The molecule has 0 saturated heterocycles. The first-order valence-electron chi connectivity index (χ1n) is 10.9. The van der Waals surface area contributed by atoms with E-state index in [2.05, 4.69) is 27.7 Å². The average molecular weight is 711 g/mol. The van der Waals surface area contributed by atoms with Crippen LogP contribution in [0.5, 0.6) is 0 Å². The van der Waals surface area contributed by atoms with Gasteiger partial charge in [0.15, 0.2) is 0 Å². The minimum absolute atomic E-state index is 1.28. The van der Waals surface area contributed by atoms with Crippen molar-refractivity contribution in [1.29, 1.82) is 0 Å². The topological polar surface area (TPSA) is 57.2 Å². The second kappa shape index (κ2) is 12.3. The molecule has 0 saturated carbocycles. The molecule has 1 unspecified atom stereocenters. The summed E-state index contributed by atoms with van der Waals surface area (Å²) in [7, 11) is -7.58. The summed E-state index contributed by atoms with van der Waals surface area (Å²) in [6, 6.07) is 0. The van der Waals surface area contributed by atoms with E-state index in [1.807, 2.05) is 0 Å². The van der Waals surface area contributed by atoms with E-state index < -0.39 is 69.2 Å². The number of hydrogen-bond acceptors (Lipinski definition) is 3. The molecule has 0 spiro atoms. The molecule has 0 rings (SSSR count). The Bertz CT molecular complexity index is 1020. The lowest BCUT2D eigenvalue weighted by Gasteiger charge is -2.44. The van der Waals surface area contributed by atoms with Crippen LogP contribution in [0.4, 0.5) is 87.8 Å². The molecular weight excluding hydrogens is 690 g/mol. The van der Waals surface area contributed by atoms with E-state index in [4.69, 9.17) is 0 Å². The normalized spacial score (nSPS) is 16.5. The first-order chi connectivity index (χ1) is 18.4. The van der Waals surface area contributed by atoms with Gasteiger partial charge in [-0.15, -0.1) is 0 Å². The van der Waals surface area contributed by atoms with Gasteiger partial charge in [-0.3, -0.25) is 0 Å². The molecule has 0 aromatic carbocycles. The van der Waals surface area contributed by atoms with E-state index in [0.29, 0.717) is 0 Å². The molecule has 0 aliphatic heterocycles. The minimum Gasteiger partial charge on any atom is -0.746 e. The van der Waals surface area contributed by atoms with Gasteiger partial charge in [0, 0.05) is 0 Å². The van der Waals surface area contributed by atoms with Crippen molar-refractivity contribution in [2.24, 2.45) is 0 Å². The van der Waals surface area contributed by atoms with E-state index in [1.54, 1.807) is 0 Å². The Morgan fingerprint density at radius 1 is 0.488 bits per heavy atom. The van der Waals surface area contributed by atoms with Gasteiger partial charge in [0.1, 0.15) is 10.1 Å². The predicted octanol–water partition coefficient (Wildman–Crippen LogP) is 7.35. The maximum atomic E-state index is 13.3. The lowest BCUT2D eigenvalue weighted by Crippen LogP contribution is -2.76. The highest BCUT2D eigenvalue weighted by Crippen LogP contribution is 2.65. The second-order valence-electron chi connectivity index (χ2n) is 8.56. The van der Waals surface area contributed by atoms with Gasteiger partial charge in [0.2, 0.25) is 0 Å². The van der Waals surface area contributed by atoms with E-state index in [1.165, 1.54) is 30.7 Å². The van der Waals surface area contributed by atoms with Crippen LogP contribution in [0.25, 0.3) is 0 Å². The summed E-state index contributed by atoms with van der Waals surface area (Å²) in [5.74, 6) is -70.8. The summed E-state index contributed by atoms with van der Waals surface area (Å²) >= 11 is 0. The van der Waals surface area contributed by atoms with Crippen LogP contribution in [-0.2, 0) is 10.1 Å². The van der Waals surface area contributed by atoms with Gasteiger partial charge < -0.3 is 9.04 Å². The van der Waals surface area contributed by atoms with Crippen molar-refractivity contribution in [1.82, 2.24) is 0 Å². The van der Waals surface area contributed by atoms with Gasteiger partial charge in [-0.05, 0) is 27.7 Å². The quantitative estimate of drug-likeness (QED) is 0.114. The van der Waals surface area contributed by atoms with Crippen molar-refractivity contribution in [3.8, 4) is 0 Å². The lowest BCUT2D eigenvalue weighted by atomic mass is 9.87. The molecule has 0 radical (unpaired) electrons. The second-order valence-corrected chi connectivity index (χ2v) is 9.96. The van der Waals surface area contributed by atoms with Crippen LogP contribution in [-0.4, -0.2) is 103 Å². The molecular formula is C18H21F20NO3S. The molecule has 0 bridgehead atoms. The van der Waals surface area contributed by atoms with Crippen molar-refractivity contribution >= 4 is 10.1 Å². The Kier molecular flexibility index (Phi) is 12.5. The van der Waals surface area contributed by atoms with Gasteiger partial charge in [0.05, 0.1) is 26.2 Å². The molecule has 25 heteroatoms. The fourth-order valence-electron chi connectivity index (χ4n) is 3.04. The highest BCUT2D eigenvalue weighted by molar-refractivity contribution is 7.86. The van der Waals surface area contributed by atoms with Crippen LogP contribution in [0.15, 0.2) is 0 Å². The zero-order valence-electron chi connectivity index (χ0n) is 21.5. The number of hydrogen-bond donors (Lipinski definition) is 0. The molecule has 0 amide bonds. The zero-order chi connectivity index (χ0) is 35.9. The van der Waals surface area contributed by atoms with Crippen LogP contribution in [0.3, 0.4) is 0 Å². The van der Waals surface area contributed by atoms with Crippen molar-refractivity contribution in [2.75, 3.05) is 26.2 Å². The number of halogens is 20. The molecule has 0 aromatic rings. The van der Waals surface area contributed by atoms with Crippen molar-refractivity contribution in [2.45, 2.75) is 86.8 Å². The van der Waals surface area contributed by atoms with Crippen molar-refractivity contribution in [3.63, 3.8) is 0 Å². The van der Waals surface area contributed by atoms with Gasteiger partial charge in [0.25, 0.3) is 5.50 Å². The summed E-state index contributed by atoms with van der Waals surface area (Å²) in [6.07, 6.45) is -8.03. The standard InChI is InChI=1S/C10H2F20O3S.C8H20N/c11-1(34(31,32)33)2(12,13)3(14,15)4(16,17)5(18,19)6(20,21)7(22,23)8(24,25)9(26,27)10(28,29)30;1-5-9(6-2,7-3)8-4/h1H,(H,31,32,33);5-8H2,1-4H3/q;+1/p-1. The van der Waals surface area contributed by atoms with Gasteiger partial charge >= 0.3 is 53.6 Å². The molecule has 0 N–H and O–H groups in total. The fourth-order valence-corrected chi connectivity index (χ4v) is 3.55. The van der Waals surface area contributed by atoms with Crippen LogP contribution in [0, 0.1) is 0 Å². The average Bonchev–Trinajstić information content (AvgIpc) is 2.83. The SMILES string of the molecule is CC[N+](CC)(CC)CC.O=S(=O)([O-])C(F)C(F)(F)C(F)(F)C(F)(F)C(F)(F)C(F)(F)C(F)(F)C(F)(F)C(F)(F)C(F)(F)F. The fraction of sp³-hybridized carbons (Fsp3) is 1.00. The van der Waals surface area contributed by atoms with E-state index >= 15 is 0 Å². The Hall–Kier alpha value is -1.53. The van der Waals surface area contributed by atoms with Crippen molar-refractivity contribution < 1.29 is 105 Å². The lowest BCUT2D eigenvalue weighted by molar-refractivity contribution is -0.921. The van der Waals surface area contributed by atoms with E-state index in [9.17, 15) is 101 Å². The molecule has 262 valence electrons. The molecule has 4 nitrogen and oxygen atoms in total. The highest BCUT2D eigenvalue weighted by atomic mass is 32.2. The van der Waals surface area contributed by atoms with E-state index in [0.717, 1.165) is 0 Å². The molecule has 1 atom stereocenters. The van der Waals surface area contributed by atoms with E-state index in [-0.39, 0.29) is 0 Å². The zero-order valence-corrected chi connectivity index (χ0v) is 22.4. The monoisotopic (exact) mass is 711 g/mol. The van der Waals surface area contributed by atoms with Crippen molar-refractivity contribution in [3.05, 3.63) is 0 Å². The number of alkyl halides is 20. The number of quaternary nitrogens is 1. The van der Waals surface area contributed by atoms with Crippen LogP contribution < -0.4 is 0 Å². The summed E-state index contributed by atoms with van der Waals surface area (Å²) in [5.41, 5.74) is -6.23. The summed E-state index contributed by atoms with van der Waals surface area (Å²) in [4.78, 5) is 0. The largest absolute Gasteiger partial charge is 0.746 e. The predicted molar refractivity (Wildman–Crippen MR) is 103 cm³/mol. The first-order valence-corrected chi connectivity index (χ1v) is 12.4. The summed E-state index contributed by atoms with van der Waals surface area (Å²) in [5, 5.41) is 0. The minimum atomic E-state index is -9.23. The van der Waals surface area contributed by atoms with Gasteiger partial charge in [-0.2, -0.15) is 83.4 Å². The molecule has 0 fully saturated rings. The molecule has 0 aromatic heterocycles. The van der Waals surface area contributed by atoms with Crippen LogP contribution in [0.1, 0.15) is 27.7 Å². The molecule has 0 aliphatic rings.